The molecule has 3 rings (SSSR count). The SMILES string of the molecule is CC1(CN2C(=O)N(CC3CO3)C(C)(C)C2=O)CO1. The maximum absolute atomic E-state index is 12.3. The number of nitrogens with zero attached hydrogens (tertiary/aromatic N) is 2. The van der Waals surface area contributed by atoms with Gasteiger partial charge >= 0.3 is 6.03 Å². The van der Waals surface area contributed by atoms with Crippen LogP contribution in [0.3, 0.4) is 0 Å². The highest BCUT2D eigenvalue weighted by atomic mass is 16.6. The fraction of sp³-hybridized carbons (Fsp3) is 0.833. The Morgan fingerprint density at radius 3 is 2.44 bits per heavy atom. The summed E-state index contributed by atoms with van der Waals surface area (Å²) in [6.45, 7) is 7.59. The molecule has 0 aromatic heterocycles. The second-order valence-electron chi connectivity index (χ2n) is 6.04. The molecule has 100 valence electrons. The maximum Gasteiger partial charge on any atom is 0.327 e. The first kappa shape index (κ1) is 11.9. The van der Waals surface area contributed by atoms with E-state index in [9.17, 15) is 9.59 Å². The molecule has 0 aromatic rings. The second-order valence-corrected chi connectivity index (χ2v) is 6.04. The lowest BCUT2D eigenvalue weighted by Crippen LogP contribution is -2.46. The summed E-state index contributed by atoms with van der Waals surface area (Å²) in [6, 6.07) is -0.225. The van der Waals surface area contributed by atoms with Crippen molar-refractivity contribution in [1.82, 2.24) is 9.80 Å². The van der Waals surface area contributed by atoms with E-state index >= 15 is 0 Å². The third-order valence-corrected chi connectivity index (χ3v) is 3.82. The predicted octanol–water partition coefficient (Wildman–Crippen LogP) is 0.217. The summed E-state index contributed by atoms with van der Waals surface area (Å²) in [5.41, 5.74) is -1.12. The van der Waals surface area contributed by atoms with Gasteiger partial charge in [0.25, 0.3) is 5.91 Å². The van der Waals surface area contributed by atoms with Crippen molar-refractivity contribution in [3.8, 4) is 0 Å². The molecule has 6 nitrogen and oxygen atoms in total. The van der Waals surface area contributed by atoms with Crippen LogP contribution >= 0.6 is 0 Å². The largest absolute Gasteiger partial charge is 0.371 e. The van der Waals surface area contributed by atoms with Crippen LogP contribution in [0.4, 0.5) is 4.79 Å². The van der Waals surface area contributed by atoms with Gasteiger partial charge in [-0.3, -0.25) is 9.69 Å². The Morgan fingerprint density at radius 1 is 1.33 bits per heavy atom. The number of imide groups is 1. The van der Waals surface area contributed by atoms with Gasteiger partial charge in [0.2, 0.25) is 0 Å². The van der Waals surface area contributed by atoms with Crippen LogP contribution in [-0.4, -0.2) is 65.3 Å². The van der Waals surface area contributed by atoms with Gasteiger partial charge in [0, 0.05) is 0 Å². The van der Waals surface area contributed by atoms with Crippen molar-refractivity contribution in [3.63, 3.8) is 0 Å². The average Bonchev–Trinajstić information content (AvgIpc) is 3.18. The lowest BCUT2D eigenvalue weighted by Gasteiger charge is -2.26. The highest BCUT2D eigenvalue weighted by molar-refractivity contribution is 6.06. The smallest absolute Gasteiger partial charge is 0.327 e. The molecule has 0 radical (unpaired) electrons. The summed E-state index contributed by atoms with van der Waals surface area (Å²) in [4.78, 5) is 27.6. The number of hydrogen-bond donors (Lipinski definition) is 0. The quantitative estimate of drug-likeness (QED) is 0.531. The Balaban J connectivity index is 1.79. The van der Waals surface area contributed by atoms with E-state index in [0.29, 0.717) is 26.3 Å². The van der Waals surface area contributed by atoms with Crippen LogP contribution in [-0.2, 0) is 14.3 Å². The van der Waals surface area contributed by atoms with Crippen molar-refractivity contribution in [2.45, 2.75) is 38.0 Å². The molecule has 0 aromatic carbocycles. The van der Waals surface area contributed by atoms with Crippen LogP contribution in [0.1, 0.15) is 20.8 Å². The predicted molar refractivity (Wildman–Crippen MR) is 62.0 cm³/mol. The highest BCUT2D eigenvalue weighted by Crippen LogP contribution is 2.34. The lowest BCUT2D eigenvalue weighted by molar-refractivity contribution is -0.132. The molecule has 3 aliphatic heterocycles. The Bertz CT molecular complexity index is 412. The summed E-state index contributed by atoms with van der Waals surface area (Å²) < 4.78 is 10.4. The average molecular weight is 254 g/mol. The Morgan fingerprint density at radius 2 is 1.94 bits per heavy atom. The molecule has 3 aliphatic rings. The number of ether oxygens (including phenoxy) is 2. The van der Waals surface area contributed by atoms with Gasteiger partial charge in [-0.05, 0) is 20.8 Å². The monoisotopic (exact) mass is 254 g/mol. The van der Waals surface area contributed by atoms with E-state index in [1.165, 1.54) is 4.90 Å². The number of rotatable bonds is 4. The second kappa shape index (κ2) is 3.45. The summed E-state index contributed by atoms with van der Waals surface area (Å²) in [7, 11) is 0. The molecule has 3 amide bonds. The normalized spacial score (nSPS) is 37.4. The fourth-order valence-corrected chi connectivity index (χ4v) is 2.29. The number of carbonyl (C=O) groups excluding carboxylic acids is 2. The molecule has 3 saturated heterocycles. The lowest BCUT2D eigenvalue weighted by atomic mass is 10.0. The van der Waals surface area contributed by atoms with Gasteiger partial charge in [-0.1, -0.05) is 0 Å². The molecule has 6 heteroatoms. The molecule has 0 saturated carbocycles. The van der Waals surface area contributed by atoms with Gasteiger partial charge in [0.15, 0.2) is 0 Å². The summed E-state index contributed by atoms with van der Waals surface area (Å²) >= 11 is 0. The number of hydrogen-bond acceptors (Lipinski definition) is 4. The minimum Gasteiger partial charge on any atom is -0.371 e. The Hall–Kier alpha value is -1.14. The number of amides is 3. The van der Waals surface area contributed by atoms with Crippen LogP contribution in [0.5, 0.6) is 0 Å². The van der Waals surface area contributed by atoms with E-state index in [0.717, 1.165) is 0 Å². The maximum atomic E-state index is 12.3. The molecule has 0 N–H and O–H groups in total. The molecule has 0 spiro atoms. The van der Waals surface area contributed by atoms with Crippen molar-refractivity contribution in [1.29, 1.82) is 0 Å². The van der Waals surface area contributed by atoms with Gasteiger partial charge in [-0.15, -0.1) is 0 Å². The van der Waals surface area contributed by atoms with Crippen LogP contribution in [0.15, 0.2) is 0 Å². The number of carbonyl (C=O) groups is 2. The van der Waals surface area contributed by atoms with E-state index in [1.807, 2.05) is 6.92 Å². The zero-order chi connectivity index (χ0) is 13.1. The van der Waals surface area contributed by atoms with Gasteiger partial charge in [-0.25, -0.2) is 4.79 Å². The zero-order valence-corrected chi connectivity index (χ0v) is 10.9. The fourth-order valence-electron chi connectivity index (χ4n) is 2.29. The molecule has 0 bridgehead atoms. The molecular weight excluding hydrogens is 236 g/mol. The standard InChI is InChI=1S/C12H18N2O4/c1-11(2)9(15)13(6-12(3)7-18-12)10(16)14(11)4-8-5-17-8/h8H,4-7H2,1-3H3. The highest BCUT2D eigenvalue weighted by Gasteiger charge is 2.55. The van der Waals surface area contributed by atoms with E-state index < -0.39 is 5.54 Å². The first-order valence-corrected chi connectivity index (χ1v) is 6.23. The molecular formula is C12H18N2O4. The topological polar surface area (TPSA) is 65.7 Å². The van der Waals surface area contributed by atoms with Crippen LogP contribution in [0.25, 0.3) is 0 Å². The summed E-state index contributed by atoms with van der Waals surface area (Å²) in [6.07, 6.45) is 0.0914. The van der Waals surface area contributed by atoms with Crippen LogP contribution in [0.2, 0.25) is 0 Å². The number of epoxide rings is 2. The first-order valence-electron chi connectivity index (χ1n) is 6.23. The summed E-state index contributed by atoms with van der Waals surface area (Å²) in [5.74, 6) is -0.148. The van der Waals surface area contributed by atoms with Crippen LogP contribution in [0, 0.1) is 0 Å². The van der Waals surface area contributed by atoms with E-state index in [4.69, 9.17) is 9.47 Å². The summed E-state index contributed by atoms with van der Waals surface area (Å²) in [5, 5.41) is 0. The van der Waals surface area contributed by atoms with Gasteiger partial charge in [-0.2, -0.15) is 0 Å². The minimum atomic E-state index is -0.783. The third-order valence-electron chi connectivity index (χ3n) is 3.82. The molecule has 3 heterocycles. The Kier molecular flexibility index (Phi) is 2.29. The molecule has 2 atom stereocenters. The van der Waals surface area contributed by atoms with E-state index in [1.54, 1.807) is 18.7 Å². The molecule has 3 fully saturated rings. The van der Waals surface area contributed by atoms with Gasteiger partial charge in [0.05, 0.1) is 32.4 Å². The number of urea groups is 1. The van der Waals surface area contributed by atoms with Crippen molar-refractivity contribution in [3.05, 3.63) is 0 Å². The molecule has 2 unspecified atom stereocenters. The van der Waals surface area contributed by atoms with Crippen molar-refractivity contribution < 1.29 is 19.1 Å². The van der Waals surface area contributed by atoms with Crippen molar-refractivity contribution in [2.75, 3.05) is 26.3 Å². The van der Waals surface area contributed by atoms with Gasteiger partial charge in [0.1, 0.15) is 11.1 Å². The molecule has 0 aliphatic carbocycles. The van der Waals surface area contributed by atoms with Crippen molar-refractivity contribution >= 4 is 11.9 Å². The zero-order valence-electron chi connectivity index (χ0n) is 10.9. The van der Waals surface area contributed by atoms with Crippen LogP contribution < -0.4 is 0 Å². The van der Waals surface area contributed by atoms with E-state index in [2.05, 4.69) is 0 Å². The Labute approximate surface area is 106 Å². The van der Waals surface area contributed by atoms with Crippen molar-refractivity contribution in [2.24, 2.45) is 0 Å². The minimum absolute atomic E-state index is 0.0914. The molecule has 18 heavy (non-hydrogen) atoms. The first-order chi connectivity index (χ1) is 8.33. The van der Waals surface area contributed by atoms with Gasteiger partial charge < -0.3 is 14.4 Å². The van der Waals surface area contributed by atoms with E-state index in [-0.39, 0.29) is 23.6 Å². The third kappa shape index (κ3) is 1.80.